The zero-order valence-corrected chi connectivity index (χ0v) is 7.49. The van der Waals surface area contributed by atoms with Gasteiger partial charge in [0.25, 0.3) is 0 Å². The topological polar surface area (TPSA) is 84.3 Å². The summed E-state index contributed by atoms with van der Waals surface area (Å²) in [4.78, 5) is 0. The number of nitrogens with two attached hydrogens (primary N) is 2. The van der Waals surface area contributed by atoms with Crippen molar-refractivity contribution < 1.29 is 5.11 Å². The molecule has 0 aliphatic heterocycles. The van der Waals surface area contributed by atoms with Crippen LogP contribution < -0.4 is 17.0 Å². The van der Waals surface area contributed by atoms with Crippen LogP contribution in [-0.2, 0) is 0 Å². The lowest BCUT2D eigenvalue weighted by atomic mass is 10.1. The first-order valence-electron chi connectivity index (χ1n) is 4.21. The normalized spacial score (nSPS) is 10.4. The molecular weight excluding hydrogens is 178 g/mol. The van der Waals surface area contributed by atoms with E-state index in [4.69, 9.17) is 11.6 Å². The van der Waals surface area contributed by atoms with Crippen molar-refractivity contribution in [3.63, 3.8) is 0 Å². The van der Waals surface area contributed by atoms with Gasteiger partial charge in [0.2, 0.25) is 0 Å². The average molecular weight is 189 g/mol. The third-order valence-corrected chi connectivity index (χ3v) is 2.22. The first kappa shape index (κ1) is 8.65. The van der Waals surface area contributed by atoms with Gasteiger partial charge in [-0.05, 0) is 0 Å². The van der Waals surface area contributed by atoms with Crippen molar-refractivity contribution in [2.75, 3.05) is 11.2 Å². The second kappa shape index (κ2) is 3.08. The van der Waals surface area contributed by atoms with Gasteiger partial charge in [0, 0.05) is 16.8 Å². The molecule has 0 heterocycles. The van der Waals surface area contributed by atoms with Gasteiger partial charge in [-0.3, -0.25) is 5.84 Å². The molecule has 2 rings (SSSR count). The summed E-state index contributed by atoms with van der Waals surface area (Å²) in [6, 6.07) is 8.86. The molecule has 0 unspecified atom stereocenters. The third-order valence-electron chi connectivity index (χ3n) is 2.22. The molecule has 4 nitrogen and oxygen atoms in total. The third kappa shape index (κ3) is 1.13. The van der Waals surface area contributed by atoms with E-state index in [9.17, 15) is 5.11 Å². The van der Waals surface area contributed by atoms with Crippen molar-refractivity contribution in [3.05, 3.63) is 30.3 Å². The minimum absolute atomic E-state index is 0.169. The second-order valence-electron chi connectivity index (χ2n) is 3.05. The quantitative estimate of drug-likeness (QED) is 0.236. The van der Waals surface area contributed by atoms with Crippen LogP contribution >= 0.6 is 0 Å². The number of fused-ring (bicyclic) bond motifs is 1. The number of hydrogen-bond donors (Lipinski definition) is 4. The van der Waals surface area contributed by atoms with Gasteiger partial charge in [0.05, 0.1) is 11.4 Å². The minimum atomic E-state index is 0.169. The number of rotatable bonds is 1. The molecular formula is C10H11N3O. The number of phenols is 1. The zero-order valence-electron chi connectivity index (χ0n) is 7.49. The Kier molecular flexibility index (Phi) is 1.90. The molecule has 2 aromatic carbocycles. The highest BCUT2D eigenvalue weighted by atomic mass is 16.3. The van der Waals surface area contributed by atoms with Gasteiger partial charge in [-0.25, -0.2) is 0 Å². The summed E-state index contributed by atoms with van der Waals surface area (Å²) in [5, 5.41) is 11.2. The number of phenolic OH excluding ortho intramolecular Hbond substituents is 1. The summed E-state index contributed by atoms with van der Waals surface area (Å²) in [7, 11) is 0. The maximum absolute atomic E-state index is 9.66. The Labute approximate surface area is 81.1 Å². The van der Waals surface area contributed by atoms with E-state index in [0.29, 0.717) is 11.4 Å². The monoisotopic (exact) mass is 189 g/mol. The molecule has 0 amide bonds. The van der Waals surface area contributed by atoms with Crippen LogP contribution in [-0.4, -0.2) is 5.11 Å². The van der Waals surface area contributed by atoms with Crippen molar-refractivity contribution >= 4 is 22.1 Å². The number of hydrazine groups is 1. The predicted molar refractivity (Wildman–Crippen MR) is 57.8 cm³/mol. The fourth-order valence-electron chi connectivity index (χ4n) is 1.50. The smallest absolute Gasteiger partial charge is 0.125 e. The fraction of sp³-hybridized carbons (Fsp3) is 0. The van der Waals surface area contributed by atoms with Crippen molar-refractivity contribution in [2.45, 2.75) is 0 Å². The van der Waals surface area contributed by atoms with Gasteiger partial charge in [-0.2, -0.15) is 0 Å². The zero-order chi connectivity index (χ0) is 10.1. The van der Waals surface area contributed by atoms with E-state index in [1.807, 2.05) is 18.2 Å². The van der Waals surface area contributed by atoms with Gasteiger partial charge in [-0.1, -0.05) is 24.3 Å². The Balaban J connectivity index is 2.87. The SMILES string of the molecule is NNc1cc(O)c2ccccc2c1N. The highest BCUT2D eigenvalue weighted by Crippen LogP contribution is 2.34. The van der Waals surface area contributed by atoms with E-state index in [-0.39, 0.29) is 5.75 Å². The summed E-state index contributed by atoms with van der Waals surface area (Å²) in [6.45, 7) is 0. The van der Waals surface area contributed by atoms with Crippen molar-refractivity contribution in [1.29, 1.82) is 0 Å². The standard InChI is InChI=1S/C10H11N3O/c11-10-7-4-2-1-3-6(7)9(14)5-8(10)13-12/h1-5,13-14H,11-12H2. The van der Waals surface area contributed by atoms with E-state index in [2.05, 4.69) is 5.43 Å². The molecule has 0 bridgehead atoms. The maximum Gasteiger partial charge on any atom is 0.125 e. The van der Waals surface area contributed by atoms with Crippen molar-refractivity contribution in [3.8, 4) is 5.75 Å². The van der Waals surface area contributed by atoms with Crippen LogP contribution in [0.3, 0.4) is 0 Å². The van der Waals surface area contributed by atoms with E-state index < -0.39 is 0 Å². The summed E-state index contributed by atoms with van der Waals surface area (Å²) in [5.41, 5.74) is 9.36. The maximum atomic E-state index is 9.66. The summed E-state index contributed by atoms with van der Waals surface area (Å²) >= 11 is 0. The minimum Gasteiger partial charge on any atom is -0.507 e. The molecule has 0 spiro atoms. The first-order chi connectivity index (χ1) is 6.74. The Morgan fingerprint density at radius 1 is 1.14 bits per heavy atom. The van der Waals surface area contributed by atoms with Gasteiger partial charge in [-0.15, -0.1) is 0 Å². The average Bonchev–Trinajstić information content (AvgIpc) is 2.23. The van der Waals surface area contributed by atoms with Gasteiger partial charge >= 0.3 is 0 Å². The summed E-state index contributed by atoms with van der Waals surface area (Å²) < 4.78 is 0. The van der Waals surface area contributed by atoms with Crippen LogP contribution in [0.2, 0.25) is 0 Å². The van der Waals surface area contributed by atoms with E-state index in [1.165, 1.54) is 6.07 Å². The number of hydrogen-bond acceptors (Lipinski definition) is 4. The lowest BCUT2D eigenvalue weighted by Crippen LogP contribution is -2.09. The highest BCUT2D eigenvalue weighted by molar-refractivity contribution is 6.02. The molecule has 72 valence electrons. The van der Waals surface area contributed by atoms with Crippen LogP contribution in [0.1, 0.15) is 0 Å². The van der Waals surface area contributed by atoms with Crippen LogP contribution in [0.4, 0.5) is 11.4 Å². The molecule has 0 radical (unpaired) electrons. The number of aromatic hydroxyl groups is 1. The first-order valence-corrected chi connectivity index (χ1v) is 4.21. The van der Waals surface area contributed by atoms with Gasteiger partial charge in [0.1, 0.15) is 5.75 Å². The van der Waals surface area contributed by atoms with Crippen LogP contribution in [0.25, 0.3) is 10.8 Å². The molecule has 0 aromatic heterocycles. The molecule has 4 heteroatoms. The van der Waals surface area contributed by atoms with Crippen LogP contribution in [0, 0.1) is 0 Å². The van der Waals surface area contributed by atoms with Crippen LogP contribution in [0.15, 0.2) is 30.3 Å². The number of benzene rings is 2. The lowest BCUT2D eigenvalue weighted by Gasteiger charge is -2.09. The number of anilines is 2. The molecule has 14 heavy (non-hydrogen) atoms. The molecule has 0 atom stereocenters. The fourth-order valence-corrected chi connectivity index (χ4v) is 1.50. The highest BCUT2D eigenvalue weighted by Gasteiger charge is 2.07. The number of nitrogen functional groups attached to an aromatic ring is 2. The van der Waals surface area contributed by atoms with E-state index in [0.717, 1.165) is 10.8 Å². The predicted octanol–water partition coefficient (Wildman–Crippen LogP) is 1.41. The molecule has 6 N–H and O–H groups in total. The molecule has 0 aliphatic rings. The Bertz CT molecular complexity index is 482. The van der Waals surface area contributed by atoms with E-state index >= 15 is 0 Å². The van der Waals surface area contributed by atoms with Gasteiger partial charge in [0.15, 0.2) is 0 Å². The van der Waals surface area contributed by atoms with Crippen molar-refractivity contribution in [2.24, 2.45) is 5.84 Å². The van der Waals surface area contributed by atoms with E-state index in [1.54, 1.807) is 6.07 Å². The van der Waals surface area contributed by atoms with Gasteiger partial charge < -0.3 is 16.3 Å². The molecule has 0 saturated carbocycles. The molecule has 0 aliphatic carbocycles. The largest absolute Gasteiger partial charge is 0.507 e. The Morgan fingerprint density at radius 2 is 1.79 bits per heavy atom. The lowest BCUT2D eigenvalue weighted by molar-refractivity contribution is 0.482. The Hall–Kier alpha value is -1.94. The summed E-state index contributed by atoms with van der Waals surface area (Å²) in [5.74, 6) is 5.44. The Morgan fingerprint density at radius 3 is 2.43 bits per heavy atom. The summed E-state index contributed by atoms with van der Waals surface area (Å²) in [6.07, 6.45) is 0. The second-order valence-corrected chi connectivity index (χ2v) is 3.05. The van der Waals surface area contributed by atoms with Crippen LogP contribution in [0.5, 0.6) is 5.75 Å². The molecule has 2 aromatic rings. The van der Waals surface area contributed by atoms with Crippen molar-refractivity contribution in [1.82, 2.24) is 0 Å². The number of nitrogens with one attached hydrogen (secondary N) is 1. The molecule has 0 fully saturated rings. The molecule has 0 saturated heterocycles.